The molecule has 0 unspecified atom stereocenters. The normalized spacial score (nSPS) is 25.1. The third-order valence-electron chi connectivity index (χ3n) is 4.59. The molecular weight excluding hydrogens is 320 g/mol. The third-order valence-corrected chi connectivity index (χ3v) is 6.13. The Morgan fingerprint density at radius 2 is 2.05 bits per heavy atom. The molecule has 118 valence electrons. The van der Waals surface area contributed by atoms with Gasteiger partial charge in [-0.2, -0.15) is 5.26 Å². The summed E-state index contributed by atoms with van der Waals surface area (Å²) in [5.74, 6) is 0.445. The Morgan fingerprint density at radius 3 is 2.73 bits per heavy atom. The van der Waals surface area contributed by atoms with Gasteiger partial charge in [-0.25, -0.2) is 4.98 Å². The van der Waals surface area contributed by atoms with Gasteiger partial charge in [0, 0.05) is 16.8 Å². The van der Waals surface area contributed by atoms with Crippen molar-refractivity contribution in [2.75, 3.05) is 5.32 Å². The lowest BCUT2D eigenvalue weighted by Gasteiger charge is -2.32. The number of hydrogen-bond donors (Lipinski definition) is 2. The fraction of sp³-hybridized carbons (Fsp3) is 0.667. The van der Waals surface area contributed by atoms with Crippen LogP contribution < -0.4 is 10.6 Å². The Hall–Kier alpha value is -1.32. The molecule has 3 rings (SSSR count). The van der Waals surface area contributed by atoms with Crippen molar-refractivity contribution in [3.8, 4) is 6.19 Å². The molecule has 2 saturated carbocycles. The van der Waals surface area contributed by atoms with E-state index in [1.54, 1.807) is 0 Å². The minimum Gasteiger partial charge on any atom is -0.321 e. The number of nitriles is 1. The largest absolute Gasteiger partial charge is 0.321 e. The lowest BCUT2D eigenvalue weighted by molar-refractivity contribution is -0.122. The summed E-state index contributed by atoms with van der Waals surface area (Å²) in [5.41, 5.74) is 0. The number of rotatable bonds is 4. The second-order valence-electron chi connectivity index (χ2n) is 6.12. The first kappa shape index (κ1) is 15.6. The molecule has 0 aliphatic heterocycles. The molecule has 0 aromatic carbocycles. The number of halogens is 1. The van der Waals surface area contributed by atoms with Crippen LogP contribution in [0.15, 0.2) is 0 Å². The van der Waals surface area contributed by atoms with Crippen LogP contribution in [0.4, 0.5) is 5.13 Å². The minimum absolute atomic E-state index is 0.0170. The smallest absolute Gasteiger partial charge is 0.229 e. The third kappa shape index (κ3) is 3.36. The molecule has 2 fully saturated rings. The molecule has 0 saturated heterocycles. The van der Waals surface area contributed by atoms with Crippen LogP contribution in [0, 0.1) is 17.4 Å². The van der Waals surface area contributed by atoms with E-state index < -0.39 is 0 Å². The molecule has 7 heteroatoms. The first-order valence-electron chi connectivity index (χ1n) is 7.79. The van der Waals surface area contributed by atoms with E-state index in [-0.39, 0.29) is 17.9 Å². The summed E-state index contributed by atoms with van der Waals surface area (Å²) in [4.78, 5) is 17.6. The van der Waals surface area contributed by atoms with Crippen molar-refractivity contribution < 1.29 is 4.79 Å². The summed E-state index contributed by atoms with van der Waals surface area (Å²) in [6, 6.07) is 0.137. The van der Waals surface area contributed by atoms with Crippen LogP contribution in [0.5, 0.6) is 0 Å². The molecule has 2 aliphatic carbocycles. The van der Waals surface area contributed by atoms with Gasteiger partial charge < -0.3 is 10.6 Å². The summed E-state index contributed by atoms with van der Waals surface area (Å²) in [6.45, 7) is 0. The number of amides is 1. The number of aromatic nitrogens is 1. The van der Waals surface area contributed by atoms with E-state index >= 15 is 0 Å². The number of carbonyl (C=O) groups is 1. The zero-order valence-electron chi connectivity index (χ0n) is 12.3. The number of anilines is 1. The molecule has 0 spiro atoms. The van der Waals surface area contributed by atoms with Gasteiger partial charge in [0.15, 0.2) is 11.3 Å². The van der Waals surface area contributed by atoms with Gasteiger partial charge in [-0.15, -0.1) is 0 Å². The fourth-order valence-corrected chi connectivity index (χ4v) is 4.67. The van der Waals surface area contributed by atoms with Gasteiger partial charge >= 0.3 is 0 Å². The highest BCUT2D eigenvalue weighted by Gasteiger charge is 2.35. The van der Waals surface area contributed by atoms with Gasteiger partial charge in [0.25, 0.3) is 0 Å². The zero-order chi connectivity index (χ0) is 15.5. The van der Waals surface area contributed by atoms with Crippen LogP contribution in [0.3, 0.4) is 0 Å². The second-order valence-corrected chi connectivity index (χ2v) is 7.51. The SMILES string of the molecule is N#CN[C@H]1C[C@H](C(=O)Nc2nc(Cl)c(C3CCCCC3)s2)C1. The molecule has 22 heavy (non-hydrogen) atoms. The first-order chi connectivity index (χ1) is 10.7. The Balaban J connectivity index is 1.57. The average Bonchev–Trinajstić information content (AvgIpc) is 2.83. The number of carbonyl (C=O) groups excluding carboxylic acids is 1. The van der Waals surface area contributed by atoms with E-state index in [4.69, 9.17) is 16.9 Å². The molecule has 1 heterocycles. The van der Waals surface area contributed by atoms with Gasteiger partial charge in [-0.1, -0.05) is 42.2 Å². The Morgan fingerprint density at radius 1 is 1.32 bits per heavy atom. The summed E-state index contributed by atoms with van der Waals surface area (Å²) < 4.78 is 0. The molecule has 0 atom stereocenters. The summed E-state index contributed by atoms with van der Waals surface area (Å²) in [5, 5.41) is 15.2. The van der Waals surface area contributed by atoms with E-state index in [1.165, 1.54) is 43.4 Å². The van der Waals surface area contributed by atoms with Crippen LogP contribution in [0.2, 0.25) is 5.15 Å². The highest BCUT2D eigenvalue weighted by atomic mass is 35.5. The van der Waals surface area contributed by atoms with Crippen molar-refractivity contribution in [2.24, 2.45) is 5.92 Å². The molecule has 0 radical (unpaired) electrons. The predicted molar refractivity (Wildman–Crippen MR) is 86.8 cm³/mol. The molecule has 1 amide bonds. The van der Waals surface area contributed by atoms with Crippen LogP contribution >= 0.6 is 22.9 Å². The monoisotopic (exact) mass is 338 g/mol. The van der Waals surface area contributed by atoms with E-state index in [1.807, 2.05) is 6.19 Å². The Labute approximate surface area is 139 Å². The van der Waals surface area contributed by atoms with Crippen LogP contribution in [0.1, 0.15) is 55.7 Å². The summed E-state index contributed by atoms with van der Waals surface area (Å²) in [6.07, 6.45) is 9.45. The maximum atomic E-state index is 12.1. The van der Waals surface area contributed by atoms with Gasteiger partial charge in [0.1, 0.15) is 5.15 Å². The van der Waals surface area contributed by atoms with E-state index in [0.717, 1.165) is 4.88 Å². The van der Waals surface area contributed by atoms with Gasteiger partial charge in [-0.05, 0) is 31.6 Å². The van der Waals surface area contributed by atoms with Crippen molar-refractivity contribution >= 4 is 34.0 Å². The molecule has 0 bridgehead atoms. The maximum Gasteiger partial charge on any atom is 0.229 e. The van der Waals surface area contributed by atoms with Crippen LogP contribution in [-0.2, 0) is 4.79 Å². The van der Waals surface area contributed by atoms with E-state index in [2.05, 4.69) is 15.6 Å². The van der Waals surface area contributed by atoms with Crippen molar-refractivity contribution in [1.29, 1.82) is 5.26 Å². The maximum absolute atomic E-state index is 12.1. The van der Waals surface area contributed by atoms with Gasteiger partial charge in [-0.3, -0.25) is 4.79 Å². The number of nitrogens with one attached hydrogen (secondary N) is 2. The van der Waals surface area contributed by atoms with Crippen molar-refractivity contribution in [3.63, 3.8) is 0 Å². The van der Waals surface area contributed by atoms with Crippen molar-refractivity contribution in [2.45, 2.75) is 56.9 Å². The van der Waals surface area contributed by atoms with E-state index in [0.29, 0.717) is 29.0 Å². The van der Waals surface area contributed by atoms with Gasteiger partial charge in [0.2, 0.25) is 5.91 Å². The number of hydrogen-bond acceptors (Lipinski definition) is 5. The second kappa shape index (κ2) is 6.84. The van der Waals surface area contributed by atoms with E-state index in [9.17, 15) is 4.79 Å². The van der Waals surface area contributed by atoms with Crippen LogP contribution in [0.25, 0.3) is 0 Å². The molecule has 5 nitrogen and oxygen atoms in total. The van der Waals surface area contributed by atoms with Crippen molar-refractivity contribution in [3.05, 3.63) is 10.0 Å². The summed E-state index contributed by atoms with van der Waals surface area (Å²) >= 11 is 7.77. The predicted octanol–water partition coefficient (Wildman–Crippen LogP) is 3.63. The van der Waals surface area contributed by atoms with Crippen LogP contribution in [-0.4, -0.2) is 16.9 Å². The number of nitrogens with zero attached hydrogens (tertiary/aromatic N) is 2. The lowest BCUT2D eigenvalue weighted by Crippen LogP contribution is -2.44. The summed E-state index contributed by atoms with van der Waals surface area (Å²) in [7, 11) is 0. The highest BCUT2D eigenvalue weighted by molar-refractivity contribution is 7.16. The number of thiazole rings is 1. The minimum atomic E-state index is -0.0355. The fourth-order valence-electron chi connectivity index (χ4n) is 3.23. The Bertz CT molecular complexity index is 585. The first-order valence-corrected chi connectivity index (χ1v) is 8.98. The van der Waals surface area contributed by atoms with Crippen molar-refractivity contribution in [1.82, 2.24) is 10.3 Å². The molecule has 2 aliphatic rings. The standard InChI is InChI=1S/C15H19ClN4OS/c16-13-12(9-4-2-1-3-5-9)22-15(19-13)20-14(21)10-6-11(7-10)18-8-17/h9-11,18H,1-7H2,(H,19,20,21)/t10-,11-. The molecule has 2 N–H and O–H groups in total. The molecule has 1 aromatic heterocycles. The Kier molecular flexibility index (Phi) is 4.84. The quantitative estimate of drug-likeness (QED) is 0.649. The highest BCUT2D eigenvalue weighted by Crippen LogP contribution is 2.41. The topological polar surface area (TPSA) is 77.8 Å². The zero-order valence-corrected chi connectivity index (χ0v) is 13.8. The van der Waals surface area contributed by atoms with Gasteiger partial charge in [0.05, 0.1) is 0 Å². The average molecular weight is 339 g/mol. The molecular formula is C15H19ClN4OS. The molecule has 1 aromatic rings. The lowest BCUT2D eigenvalue weighted by atomic mass is 9.80.